The van der Waals surface area contributed by atoms with Crippen LogP contribution in [0.25, 0.3) is 16.7 Å². The Labute approximate surface area is 215 Å². The van der Waals surface area contributed by atoms with Crippen molar-refractivity contribution < 1.29 is 0 Å². The Balaban J connectivity index is 1.15. The van der Waals surface area contributed by atoms with Gasteiger partial charge in [0.2, 0.25) is 5.95 Å². The zero-order valence-corrected chi connectivity index (χ0v) is 21.1. The lowest BCUT2D eigenvalue weighted by atomic mass is 9.74. The first-order valence-corrected chi connectivity index (χ1v) is 13.6. The molecule has 36 heavy (non-hydrogen) atoms. The largest absolute Gasteiger partial charge is 0.342 e. The van der Waals surface area contributed by atoms with Crippen LogP contribution in [0.2, 0.25) is 4.47 Å². The van der Waals surface area contributed by atoms with Crippen LogP contribution >= 0.6 is 22.9 Å². The summed E-state index contributed by atoms with van der Waals surface area (Å²) in [6, 6.07) is 10.6. The van der Waals surface area contributed by atoms with Crippen molar-refractivity contribution >= 4 is 45.6 Å². The third-order valence-corrected chi connectivity index (χ3v) is 9.86. The second-order valence-electron chi connectivity index (χ2n) is 10.5. The smallest absolute Gasteiger partial charge is 0.214 e. The highest BCUT2D eigenvalue weighted by molar-refractivity contribution is 7.15. The van der Waals surface area contributed by atoms with Gasteiger partial charge in [-0.2, -0.15) is 10.1 Å². The highest BCUT2D eigenvalue weighted by atomic mass is 35.5. The molecule has 2 fully saturated rings. The number of hydrogen-bond donors (Lipinski definition) is 2. The number of thiazole rings is 1. The van der Waals surface area contributed by atoms with Crippen molar-refractivity contribution in [2.45, 2.75) is 43.6 Å². The van der Waals surface area contributed by atoms with E-state index in [1.54, 1.807) is 17.7 Å². The molecule has 3 aliphatic rings. The highest BCUT2D eigenvalue weighted by Crippen LogP contribution is 2.55. The van der Waals surface area contributed by atoms with Gasteiger partial charge in [0.25, 0.3) is 0 Å². The minimum absolute atomic E-state index is 0.0425. The molecule has 4 aromatic heterocycles. The molecule has 1 aliphatic heterocycles. The molecule has 1 aromatic carbocycles. The van der Waals surface area contributed by atoms with Crippen molar-refractivity contribution in [2.24, 2.45) is 11.1 Å². The first-order valence-electron chi connectivity index (χ1n) is 12.4. The number of rotatable bonds is 3. The van der Waals surface area contributed by atoms with Gasteiger partial charge in [-0.25, -0.2) is 4.98 Å². The topological polar surface area (TPSA) is 114 Å². The van der Waals surface area contributed by atoms with Gasteiger partial charge >= 0.3 is 0 Å². The fraction of sp³-hybridized carbons (Fsp3) is 0.400. The number of nitrogens with zero attached hydrogens (tertiary/aromatic N) is 7. The molecule has 1 atom stereocenters. The van der Waals surface area contributed by atoms with Gasteiger partial charge in [0, 0.05) is 23.4 Å². The number of nitrogens with two attached hydrogens (primary N) is 1. The Kier molecular flexibility index (Phi) is 4.23. The summed E-state index contributed by atoms with van der Waals surface area (Å²) in [5.41, 5.74) is 11.6. The van der Waals surface area contributed by atoms with Crippen LogP contribution in [0.5, 0.6) is 0 Å². The van der Waals surface area contributed by atoms with Crippen LogP contribution in [-0.2, 0) is 11.8 Å². The molecule has 182 valence electrons. The number of aromatic nitrogens is 7. The van der Waals surface area contributed by atoms with Crippen molar-refractivity contribution in [3.8, 4) is 0 Å². The van der Waals surface area contributed by atoms with Gasteiger partial charge in [-0.15, -0.1) is 21.5 Å². The molecule has 1 saturated carbocycles. The van der Waals surface area contributed by atoms with Crippen LogP contribution < -0.4 is 10.6 Å². The maximum absolute atomic E-state index is 6.71. The molecule has 1 spiro atoms. The van der Waals surface area contributed by atoms with E-state index in [9.17, 15) is 0 Å². The summed E-state index contributed by atoms with van der Waals surface area (Å²) >= 11 is 7.72. The fourth-order valence-corrected chi connectivity index (χ4v) is 7.86. The van der Waals surface area contributed by atoms with Gasteiger partial charge in [0.1, 0.15) is 6.33 Å². The molecule has 9 nitrogen and oxygen atoms in total. The van der Waals surface area contributed by atoms with Gasteiger partial charge in [-0.1, -0.05) is 41.9 Å². The van der Waals surface area contributed by atoms with Gasteiger partial charge in [-0.05, 0) is 43.1 Å². The molecule has 0 amide bonds. The summed E-state index contributed by atoms with van der Waals surface area (Å²) in [5, 5.41) is 17.8. The molecule has 5 aromatic rings. The minimum Gasteiger partial charge on any atom is -0.342 e. The van der Waals surface area contributed by atoms with E-state index in [1.165, 1.54) is 10.4 Å². The molecule has 0 bridgehead atoms. The molecular weight excluding hydrogens is 494 g/mol. The van der Waals surface area contributed by atoms with Crippen LogP contribution in [0, 0.1) is 5.41 Å². The summed E-state index contributed by atoms with van der Waals surface area (Å²) in [7, 11) is 0. The summed E-state index contributed by atoms with van der Waals surface area (Å²) in [5.74, 6) is 0.847. The maximum Gasteiger partial charge on any atom is 0.214 e. The van der Waals surface area contributed by atoms with Crippen LogP contribution in [0.4, 0.5) is 5.95 Å². The van der Waals surface area contributed by atoms with Gasteiger partial charge in [-0.3, -0.25) is 9.50 Å². The van der Waals surface area contributed by atoms with Crippen LogP contribution in [-0.4, -0.2) is 47.9 Å². The number of anilines is 1. The molecule has 11 heteroatoms. The van der Waals surface area contributed by atoms with Gasteiger partial charge < -0.3 is 10.6 Å². The second kappa shape index (κ2) is 7.24. The Bertz CT molecular complexity index is 1630. The van der Waals surface area contributed by atoms with Gasteiger partial charge in [0.05, 0.1) is 22.8 Å². The number of nitrogens with one attached hydrogen (secondary N) is 1. The SMILES string of the molecule is N[C@@H]1c2nc(Cl)sc2CC12CCN(c1nc3[nH]nc(C4(c5ccccc5)CC4)c3c3nncn13)CC2. The molecule has 0 unspecified atom stereocenters. The van der Waals surface area contributed by atoms with Crippen molar-refractivity contribution in [3.05, 3.63) is 63.0 Å². The average molecular weight is 518 g/mol. The molecular formula is C25H24ClN9S. The number of aromatic amines is 1. The fourth-order valence-electron chi connectivity index (χ4n) is 6.51. The highest BCUT2D eigenvalue weighted by Gasteiger charge is 2.50. The van der Waals surface area contributed by atoms with E-state index in [0.717, 1.165) is 79.2 Å². The van der Waals surface area contributed by atoms with E-state index in [2.05, 4.69) is 55.5 Å². The van der Waals surface area contributed by atoms with Crippen molar-refractivity contribution in [1.82, 2.24) is 34.8 Å². The first kappa shape index (κ1) is 21.0. The minimum atomic E-state index is -0.0813. The van der Waals surface area contributed by atoms with E-state index in [0.29, 0.717) is 4.47 Å². The predicted molar refractivity (Wildman–Crippen MR) is 139 cm³/mol. The Morgan fingerprint density at radius 1 is 1.08 bits per heavy atom. The lowest BCUT2D eigenvalue weighted by molar-refractivity contribution is 0.185. The predicted octanol–water partition coefficient (Wildman–Crippen LogP) is 4.03. The summed E-state index contributed by atoms with van der Waals surface area (Å²) in [6.07, 6.45) is 6.82. The van der Waals surface area contributed by atoms with E-state index >= 15 is 0 Å². The van der Waals surface area contributed by atoms with Crippen molar-refractivity contribution in [1.29, 1.82) is 0 Å². The molecule has 2 aliphatic carbocycles. The molecule has 5 heterocycles. The number of H-pyrrole nitrogens is 1. The normalized spacial score (nSPS) is 22.1. The number of benzene rings is 1. The molecule has 8 rings (SSSR count). The maximum atomic E-state index is 6.71. The van der Waals surface area contributed by atoms with Gasteiger partial charge in [0.15, 0.2) is 15.8 Å². The van der Waals surface area contributed by atoms with Crippen LogP contribution in [0.3, 0.4) is 0 Å². The van der Waals surface area contributed by atoms with Crippen molar-refractivity contribution in [2.75, 3.05) is 18.0 Å². The van der Waals surface area contributed by atoms with E-state index in [4.69, 9.17) is 27.4 Å². The first-order chi connectivity index (χ1) is 17.6. The number of piperidine rings is 1. The average Bonchev–Trinajstić information content (AvgIpc) is 3.17. The Morgan fingerprint density at radius 2 is 1.89 bits per heavy atom. The number of halogens is 1. The molecule has 1 saturated heterocycles. The zero-order valence-electron chi connectivity index (χ0n) is 19.5. The lowest BCUT2D eigenvalue weighted by Crippen LogP contribution is -2.45. The van der Waals surface area contributed by atoms with Crippen LogP contribution in [0.1, 0.15) is 53.6 Å². The summed E-state index contributed by atoms with van der Waals surface area (Å²) < 4.78 is 2.61. The third kappa shape index (κ3) is 2.77. The van der Waals surface area contributed by atoms with E-state index in [1.807, 2.05) is 4.40 Å². The van der Waals surface area contributed by atoms with E-state index in [-0.39, 0.29) is 16.9 Å². The second-order valence-corrected chi connectivity index (χ2v) is 12.1. The number of hydrogen-bond acceptors (Lipinski definition) is 8. The lowest BCUT2D eigenvalue weighted by Gasteiger charge is -2.42. The zero-order chi connectivity index (χ0) is 24.1. The standard InChI is InChI=1S/C25H24ClN9S/c26-22-29-17-15(36-22)12-24(18(17)27)8-10-34(11-9-24)23-30-20-16(21-33-28-13-35(21)23)19(31-32-20)25(6-7-25)14-4-2-1-3-5-14/h1-5,13,18H,6-12,27H2,(H,31,32)/t18-/m1/s1. The molecule has 3 N–H and O–H groups in total. The Hall–Kier alpha value is -3.08. The third-order valence-electron chi connectivity index (χ3n) is 8.69. The molecule has 0 radical (unpaired) electrons. The van der Waals surface area contributed by atoms with Crippen LogP contribution in [0.15, 0.2) is 36.7 Å². The number of fused-ring (bicyclic) bond motifs is 4. The summed E-state index contributed by atoms with van der Waals surface area (Å²) in [6.45, 7) is 1.72. The quantitative estimate of drug-likeness (QED) is 0.371. The Morgan fingerprint density at radius 3 is 2.64 bits per heavy atom. The van der Waals surface area contributed by atoms with E-state index < -0.39 is 0 Å². The monoisotopic (exact) mass is 517 g/mol. The van der Waals surface area contributed by atoms with Crippen molar-refractivity contribution in [3.63, 3.8) is 0 Å². The summed E-state index contributed by atoms with van der Waals surface area (Å²) in [4.78, 5) is 13.2.